The molecule has 0 N–H and O–H groups in total. The predicted molar refractivity (Wildman–Crippen MR) is 72.6 cm³/mol. The molecule has 2 rings (SSSR count). The van der Waals surface area contributed by atoms with Crippen molar-refractivity contribution in [3.8, 4) is 0 Å². The van der Waals surface area contributed by atoms with Gasteiger partial charge in [-0.1, -0.05) is 55.2 Å². The Morgan fingerprint density at radius 3 is 2.53 bits per heavy atom. The van der Waals surface area contributed by atoms with Crippen LogP contribution in [0.4, 0.5) is 0 Å². The summed E-state index contributed by atoms with van der Waals surface area (Å²) in [4.78, 5) is 0. The Balaban J connectivity index is 1.93. The Bertz CT molecular complexity index is 201. The standard InChI is InChI=1S/C13H23IO/c1-11-5-4-8-13(9-11,10-14)15-12-6-2-3-7-12/h11-12H,2-10H2,1H3. The van der Waals surface area contributed by atoms with Crippen molar-refractivity contribution in [2.75, 3.05) is 4.43 Å². The van der Waals surface area contributed by atoms with Crippen molar-refractivity contribution >= 4 is 22.6 Å². The highest BCUT2D eigenvalue weighted by Gasteiger charge is 2.37. The summed E-state index contributed by atoms with van der Waals surface area (Å²) in [5, 5.41) is 0. The summed E-state index contributed by atoms with van der Waals surface area (Å²) in [6.45, 7) is 2.39. The normalized spacial score (nSPS) is 38.4. The third kappa shape index (κ3) is 3.09. The van der Waals surface area contributed by atoms with Crippen LogP contribution >= 0.6 is 22.6 Å². The molecule has 1 nitrogen and oxygen atoms in total. The Morgan fingerprint density at radius 1 is 1.20 bits per heavy atom. The van der Waals surface area contributed by atoms with E-state index in [0.717, 1.165) is 5.92 Å². The van der Waals surface area contributed by atoms with Crippen LogP contribution < -0.4 is 0 Å². The van der Waals surface area contributed by atoms with E-state index in [1.54, 1.807) is 0 Å². The SMILES string of the molecule is CC1CCCC(CI)(OC2CCCC2)C1. The van der Waals surface area contributed by atoms with Gasteiger partial charge < -0.3 is 4.74 Å². The molecular weight excluding hydrogens is 299 g/mol. The summed E-state index contributed by atoms with van der Waals surface area (Å²) >= 11 is 2.53. The van der Waals surface area contributed by atoms with Crippen LogP contribution in [-0.4, -0.2) is 16.1 Å². The summed E-state index contributed by atoms with van der Waals surface area (Å²) in [6, 6.07) is 0. The lowest BCUT2D eigenvalue weighted by atomic mass is 9.80. The molecule has 0 heterocycles. The molecule has 0 spiro atoms. The van der Waals surface area contributed by atoms with Crippen LogP contribution in [0.2, 0.25) is 0 Å². The fourth-order valence-electron chi connectivity index (χ4n) is 3.23. The first-order valence-corrected chi connectivity index (χ1v) is 8.00. The summed E-state index contributed by atoms with van der Waals surface area (Å²) in [6.07, 6.45) is 11.4. The van der Waals surface area contributed by atoms with Gasteiger partial charge in [0.1, 0.15) is 0 Å². The van der Waals surface area contributed by atoms with Crippen molar-refractivity contribution in [2.45, 2.75) is 70.0 Å². The average molecular weight is 322 g/mol. The van der Waals surface area contributed by atoms with E-state index in [2.05, 4.69) is 29.5 Å². The van der Waals surface area contributed by atoms with Gasteiger partial charge in [0.05, 0.1) is 11.7 Å². The molecule has 2 aliphatic carbocycles. The van der Waals surface area contributed by atoms with Crippen molar-refractivity contribution in [2.24, 2.45) is 5.92 Å². The van der Waals surface area contributed by atoms with Gasteiger partial charge in [-0.3, -0.25) is 0 Å². The molecule has 0 aromatic carbocycles. The summed E-state index contributed by atoms with van der Waals surface area (Å²) < 4.78 is 7.64. The second-order valence-corrected chi connectivity index (χ2v) is 6.31. The molecule has 15 heavy (non-hydrogen) atoms. The number of hydrogen-bond donors (Lipinski definition) is 0. The second kappa shape index (κ2) is 5.35. The Hall–Kier alpha value is 0.690. The highest BCUT2D eigenvalue weighted by atomic mass is 127. The van der Waals surface area contributed by atoms with Crippen molar-refractivity contribution in [1.82, 2.24) is 0 Å². The summed E-state index contributed by atoms with van der Waals surface area (Å²) in [7, 11) is 0. The quantitative estimate of drug-likeness (QED) is 0.555. The molecule has 0 amide bonds. The van der Waals surface area contributed by atoms with Crippen molar-refractivity contribution < 1.29 is 4.74 Å². The number of ether oxygens (including phenoxy) is 1. The molecule has 2 aliphatic rings. The molecule has 88 valence electrons. The smallest absolute Gasteiger partial charge is 0.0777 e. The first kappa shape index (κ1) is 12.2. The Morgan fingerprint density at radius 2 is 1.93 bits per heavy atom. The van der Waals surface area contributed by atoms with Crippen LogP contribution in [-0.2, 0) is 4.74 Å². The molecule has 0 aromatic rings. The number of rotatable bonds is 3. The average Bonchev–Trinajstić information content (AvgIpc) is 2.70. The van der Waals surface area contributed by atoms with Gasteiger partial charge in [-0.25, -0.2) is 0 Å². The monoisotopic (exact) mass is 322 g/mol. The largest absolute Gasteiger partial charge is 0.371 e. The van der Waals surface area contributed by atoms with Gasteiger partial charge in [-0.05, 0) is 31.6 Å². The van der Waals surface area contributed by atoms with E-state index in [1.807, 2.05) is 0 Å². The fraction of sp³-hybridized carbons (Fsp3) is 1.00. The minimum Gasteiger partial charge on any atom is -0.371 e. The topological polar surface area (TPSA) is 9.23 Å². The molecular formula is C13H23IO. The van der Waals surface area contributed by atoms with E-state index in [-0.39, 0.29) is 5.60 Å². The molecule has 2 saturated carbocycles. The Kier molecular flexibility index (Phi) is 4.33. The molecule has 2 fully saturated rings. The van der Waals surface area contributed by atoms with E-state index >= 15 is 0 Å². The maximum atomic E-state index is 6.45. The third-order valence-corrected chi connectivity index (χ3v) is 5.40. The van der Waals surface area contributed by atoms with Gasteiger partial charge >= 0.3 is 0 Å². The minimum absolute atomic E-state index is 0.243. The van der Waals surface area contributed by atoms with Crippen LogP contribution in [0.3, 0.4) is 0 Å². The van der Waals surface area contributed by atoms with E-state index in [9.17, 15) is 0 Å². The van der Waals surface area contributed by atoms with Gasteiger partial charge in [-0.2, -0.15) is 0 Å². The minimum atomic E-state index is 0.243. The predicted octanol–water partition coefficient (Wildman–Crippen LogP) is 4.33. The lowest BCUT2D eigenvalue weighted by molar-refractivity contribution is -0.103. The first-order chi connectivity index (χ1) is 7.24. The zero-order chi connectivity index (χ0) is 10.7. The number of halogens is 1. The van der Waals surface area contributed by atoms with Crippen molar-refractivity contribution in [3.63, 3.8) is 0 Å². The van der Waals surface area contributed by atoms with E-state index < -0.39 is 0 Å². The van der Waals surface area contributed by atoms with E-state index in [4.69, 9.17) is 4.74 Å². The lowest BCUT2D eigenvalue weighted by Gasteiger charge is -2.40. The second-order valence-electron chi connectivity index (χ2n) is 5.54. The van der Waals surface area contributed by atoms with Crippen LogP contribution in [0.25, 0.3) is 0 Å². The number of hydrogen-bond acceptors (Lipinski definition) is 1. The van der Waals surface area contributed by atoms with E-state index in [1.165, 1.54) is 55.8 Å². The molecule has 0 bridgehead atoms. The highest BCUT2D eigenvalue weighted by Crippen LogP contribution is 2.39. The third-order valence-electron chi connectivity index (χ3n) is 4.01. The molecule has 0 aromatic heterocycles. The van der Waals surface area contributed by atoms with Gasteiger partial charge in [0.2, 0.25) is 0 Å². The van der Waals surface area contributed by atoms with Crippen LogP contribution in [0.5, 0.6) is 0 Å². The van der Waals surface area contributed by atoms with Crippen LogP contribution in [0, 0.1) is 5.92 Å². The fourth-order valence-corrected chi connectivity index (χ4v) is 4.10. The van der Waals surface area contributed by atoms with Gasteiger partial charge in [0.15, 0.2) is 0 Å². The highest BCUT2D eigenvalue weighted by molar-refractivity contribution is 14.1. The summed E-state index contributed by atoms with van der Waals surface area (Å²) in [5.74, 6) is 0.870. The zero-order valence-corrected chi connectivity index (χ0v) is 12.0. The van der Waals surface area contributed by atoms with Crippen LogP contribution in [0.1, 0.15) is 58.3 Å². The van der Waals surface area contributed by atoms with Crippen molar-refractivity contribution in [3.05, 3.63) is 0 Å². The molecule has 2 heteroatoms. The maximum absolute atomic E-state index is 6.45. The van der Waals surface area contributed by atoms with E-state index in [0.29, 0.717) is 6.10 Å². The maximum Gasteiger partial charge on any atom is 0.0777 e. The van der Waals surface area contributed by atoms with Gasteiger partial charge in [-0.15, -0.1) is 0 Å². The van der Waals surface area contributed by atoms with Crippen molar-refractivity contribution in [1.29, 1.82) is 0 Å². The van der Waals surface area contributed by atoms with Crippen LogP contribution in [0.15, 0.2) is 0 Å². The molecule has 0 aliphatic heterocycles. The van der Waals surface area contributed by atoms with Gasteiger partial charge in [0, 0.05) is 4.43 Å². The number of alkyl halides is 1. The van der Waals surface area contributed by atoms with Gasteiger partial charge in [0.25, 0.3) is 0 Å². The zero-order valence-electron chi connectivity index (χ0n) is 9.80. The molecule has 2 atom stereocenters. The molecule has 0 radical (unpaired) electrons. The molecule has 0 saturated heterocycles. The summed E-state index contributed by atoms with van der Waals surface area (Å²) in [5.41, 5.74) is 0.243. The first-order valence-electron chi connectivity index (χ1n) is 6.48. The lowest BCUT2D eigenvalue weighted by Crippen LogP contribution is -2.42. The Labute approximate surface area is 107 Å². The molecule has 2 unspecified atom stereocenters.